The molecule has 0 aliphatic carbocycles. The molecule has 0 atom stereocenters. The number of nitrogens with two attached hydrogens (primary N) is 1. The lowest BCUT2D eigenvalue weighted by Crippen LogP contribution is -2.49. The van der Waals surface area contributed by atoms with Crippen LogP contribution in [0.3, 0.4) is 0 Å². The Balaban J connectivity index is 0.00000264. The van der Waals surface area contributed by atoms with Gasteiger partial charge in [-0.3, -0.25) is 9.89 Å². The lowest BCUT2D eigenvalue weighted by Gasteiger charge is -2.34. The Morgan fingerprint density at radius 2 is 1.96 bits per heavy atom. The molecular weight excluding hydrogens is 405 g/mol. The second-order valence-electron chi connectivity index (χ2n) is 5.42. The Labute approximate surface area is 155 Å². The van der Waals surface area contributed by atoms with Crippen LogP contribution in [-0.4, -0.2) is 66.6 Å². The van der Waals surface area contributed by atoms with E-state index in [2.05, 4.69) is 37.0 Å². The van der Waals surface area contributed by atoms with Gasteiger partial charge in [0, 0.05) is 58.2 Å². The number of piperazine rings is 1. The highest BCUT2D eigenvalue weighted by Crippen LogP contribution is 2.08. The molecule has 2 rings (SSSR count). The van der Waals surface area contributed by atoms with Crippen LogP contribution < -0.4 is 16.0 Å². The van der Waals surface area contributed by atoms with Crippen molar-refractivity contribution in [3.63, 3.8) is 0 Å². The molecule has 130 valence electrons. The summed E-state index contributed by atoms with van der Waals surface area (Å²) in [4.78, 5) is 17.5. The van der Waals surface area contributed by atoms with Crippen LogP contribution >= 0.6 is 24.0 Å². The second-order valence-corrected chi connectivity index (χ2v) is 5.42. The minimum atomic E-state index is 0. The van der Waals surface area contributed by atoms with Gasteiger partial charge < -0.3 is 16.0 Å². The summed E-state index contributed by atoms with van der Waals surface area (Å²) in [6.07, 6.45) is 5.82. The first-order valence-corrected chi connectivity index (χ1v) is 8.07. The van der Waals surface area contributed by atoms with Crippen LogP contribution in [0.4, 0.5) is 5.95 Å². The van der Waals surface area contributed by atoms with Crippen molar-refractivity contribution in [2.24, 2.45) is 10.7 Å². The Morgan fingerprint density at radius 1 is 1.26 bits per heavy atom. The summed E-state index contributed by atoms with van der Waals surface area (Å²) in [6, 6.07) is 1.85. The number of aromatic nitrogens is 2. The van der Waals surface area contributed by atoms with Gasteiger partial charge in [0.25, 0.3) is 0 Å². The highest BCUT2D eigenvalue weighted by atomic mass is 127. The third-order valence-corrected chi connectivity index (χ3v) is 3.74. The average Bonchev–Trinajstić information content (AvgIpc) is 2.57. The fraction of sp³-hybridized carbons (Fsp3) is 0.667. The fourth-order valence-corrected chi connectivity index (χ4v) is 2.38. The quantitative estimate of drug-likeness (QED) is 0.288. The van der Waals surface area contributed by atoms with E-state index < -0.39 is 0 Å². The fourth-order valence-electron chi connectivity index (χ4n) is 2.38. The standard InChI is InChI=1S/C15H27N7.HI/c1-2-3-5-17-14(16)18-8-9-21-10-12-22(13-11-21)15-19-6-4-7-20-15;/h4,6-7H,2-3,5,8-13H2,1H3,(H3,16,17,18);1H. The maximum absolute atomic E-state index is 5.82. The second kappa shape index (κ2) is 11.4. The van der Waals surface area contributed by atoms with Gasteiger partial charge in [-0.2, -0.15) is 0 Å². The van der Waals surface area contributed by atoms with E-state index in [1.807, 2.05) is 6.07 Å². The smallest absolute Gasteiger partial charge is 0.225 e. The first-order valence-electron chi connectivity index (χ1n) is 8.07. The van der Waals surface area contributed by atoms with Gasteiger partial charge in [0.15, 0.2) is 5.96 Å². The number of nitrogens with one attached hydrogen (secondary N) is 1. The summed E-state index contributed by atoms with van der Waals surface area (Å²) in [5.74, 6) is 1.39. The molecule has 0 unspecified atom stereocenters. The molecule has 1 aromatic rings. The molecule has 0 bridgehead atoms. The number of aliphatic imine (C=N–C) groups is 1. The number of rotatable bonds is 7. The molecule has 2 heterocycles. The largest absolute Gasteiger partial charge is 0.370 e. The molecular formula is C15H28IN7. The van der Waals surface area contributed by atoms with Crippen LogP contribution in [0.1, 0.15) is 19.8 Å². The average molecular weight is 433 g/mol. The first-order chi connectivity index (χ1) is 10.8. The minimum absolute atomic E-state index is 0. The summed E-state index contributed by atoms with van der Waals surface area (Å²) < 4.78 is 0. The van der Waals surface area contributed by atoms with Crippen molar-refractivity contribution in [2.75, 3.05) is 50.7 Å². The maximum Gasteiger partial charge on any atom is 0.225 e. The zero-order valence-electron chi connectivity index (χ0n) is 13.8. The highest BCUT2D eigenvalue weighted by molar-refractivity contribution is 14.0. The molecule has 1 fully saturated rings. The van der Waals surface area contributed by atoms with Crippen molar-refractivity contribution in [3.8, 4) is 0 Å². The number of hydrogen-bond donors (Lipinski definition) is 2. The van der Waals surface area contributed by atoms with E-state index in [4.69, 9.17) is 5.73 Å². The normalized spacial score (nSPS) is 16.0. The molecule has 1 aliphatic heterocycles. The molecule has 1 aliphatic rings. The van der Waals surface area contributed by atoms with Gasteiger partial charge in [0.1, 0.15) is 0 Å². The Morgan fingerprint density at radius 3 is 2.61 bits per heavy atom. The molecule has 7 nitrogen and oxygen atoms in total. The predicted octanol–water partition coefficient (Wildman–Crippen LogP) is 0.921. The number of hydrogen-bond acceptors (Lipinski definition) is 5. The van der Waals surface area contributed by atoms with Gasteiger partial charge in [-0.15, -0.1) is 24.0 Å². The summed E-state index contributed by atoms with van der Waals surface area (Å²) in [5.41, 5.74) is 5.82. The van der Waals surface area contributed by atoms with E-state index in [1.54, 1.807) is 12.4 Å². The number of guanidine groups is 1. The lowest BCUT2D eigenvalue weighted by atomic mass is 10.3. The topological polar surface area (TPSA) is 82.7 Å². The van der Waals surface area contributed by atoms with Gasteiger partial charge in [-0.1, -0.05) is 13.3 Å². The Kier molecular flexibility index (Phi) is 9.85. The molecule has 1 aromatic heterocycles. The minimum Gasteiger partial charge on any atom is -0.370 e. The van der Waals surface area contributed by atoms with Crippen molar-refractivity contribution in [2.45, 2.75) is 19.8 Å². The van der Waals surface area contributed by atoms with E-state index in [0.29, 0.717) is 5.96 Å². The summed E-state index contributed by atoms with van der Waals surface area (Å²) in [6.45, 7) is 8.74. The van der Waals surface area contributed by atoms with Gasteiger partial charge in [0.2, 0.25) is 5.95 Å². The molecule has 0 saturated carbocycles. The monoisotopic (exact) mass is 433 g/mol. The van der Waals surface area contributed by atoms with Crippen molar-refractivity contribution in [1.82, 2.24) is 20.2 Å². The Bertz CT molecular complexity index is 446. The summed E-state index contributed by atoms with van der Waals surface area (Å²) in [7, 11) is 0. The first kappa shape index (κ1) is 19.9. The predicted molar refractivity (Wildman–Crippen MR) is 106 cm³/mol. The molecule has 0 radical (unpaired) electrons. The molecule has 1 saturated heterocycles. The Hall–Kier alpha value is -1.16. The van der Waals surface area contributed by atoms with Crippen molar-refractivity contribution < 1.29 is 0 Å². The molecule has 3 N–H and O–H groups in total. The summed E-state index contributed by atoms with van der Waals surface area (Å²) >= 11 is 0. The molecule has 23 heavy (non-hydrogen) atoms. The van der Waals surface area contributed by atoms with Crippen LogP contribution in [0, 0.1) is 0 Å². The van der Waals surface area contributed by atoms with Crippen molar-refractivity contribution >= 4 is 35.9 Å². The molecule has 0 amide bonds. The number of halogens is 1. The zero-order chi connectivity index (χ0) is 15.6. The SMILES string of the molecule is CCCCN=C(N)NCCN1CCN(c2ncccn2)CC1.I. The van der Waals surface area contributed by atoms with Gasteiger partial charge in [-0.25, -0.2) is 9.97 Å². The number of unbranched alkanes of at least 4 members (excludes halogenated alkanes) is 1. The third kappa shape index (κ3) is 7.30. The zero-order valence-corrected chi connectivity index (χ0v) is 16.1. The van der Waals surface area contributed by atoms with Gasteiger partial charge in [-0.05, 0) is 12.5 Å². The molecule has 8 heteroatoms. The van der Waals surface area contributed by atoms with Crippen molar-refractivity contribution in [1.29, 1.82) is 0 Å². The molecule has 0 aromatic carbocycles. The van der Waals surface area contributed by atoms with Crippen LogP contribution in [0.5, 0.6) is 0 Å². The van der Waals surface area contributed by atoms with Crippen LogP contribution in [-0.2, 0) is 0 Å². The van der Waals surface area contributed by atoms with E-state index in [9.17, 15) is 0 Å². The van der Waals surface area contributed by atoms with Crippen LogP contribution in [0.2, 0.25) is 0 Å². The van der Waals surface area contributed by atoms with E-state index in [1.165, 1.54) is 0 Å². The number of anilines is 1. The van der Waals surface area contributed by atoms with Crippen molar-refractivity contribution in [3.05, 3.63) is 18.5 Å². The maximum atomic E-state index is 5.82. The summed E-state index contributed by atoms with van der Waals surface area (Å²) in [5, 5.41) is 3.18. The lowest BCUT2D eigenvalue weighted by molar-refractivity contribution is 0.260. The van der Waals surface area contributed by atoms with Gasteiger partial charge >= 0.3 is 0 Å². The third-order valence-electron chi connectivity index (χ3n) is 3.74. The van der Waals surface area contributed by atoms with E-state index in [0.717, 1.165) is 64.6 Å². The van der Waals surface area contributed by atoms with Gasteiger partial charge in [0.05, 0.1) is 0 Å². The van der Waals surface area contributed by atoms with E-state index >= 15 is 0 Å². The number of nitrogens with zero attached hydrogens (tertiary/aromatic N) is 5. The van der Waals surface area contributed by atoms with E-state index in [-0.39, 0.29) is 24.0 Å². The van der Waals surface area contributed by atoms with Crippen LogP contribution in [0.25, 0.3) is 0 Å². The molecule has 0 spiro atoms. The van der Waals surface area contributed by atoms with Crippen LogP contribution in [0.15, 0.2) is 23.5 Å². The highest BCUT2D eigenvalue weighted by Gasteiger charge is 2.18.